The van der Waals surface area contributed by atoms with E-state index in [4.69, 9.17) is 4.74 Å². The number of carbonyl (C=O) groups is 2. The summed E-state index contributed by atoms with van der Waals surface area (Å²) in [6.45, 7) is 0.984. The average Bonchev–Trinajstić information content (AvgIpc) is 3.09. The lowest BCUT2D eigenvalue weighted by Crippen LogP contribution is -2.26. The molecule has 0 saturated carbocycles. The smallest absolute Gasteiger partial charge is 0.337 e. The van der Waals surface area contributed by atoms with Crippen molar-refractivity contribution < 1.29 is 14.3 Å². The largest absolute Gasteiger partial charge is 0.465 e. The van der Waals surface area contributed by atoms with E-state index in [1.807, 2.05) is 36.4 Å². The van der Waals surface area contributed by atoms with Crippen molar-refractivity contribution in [2.45, 2.75) is 13.1 Å². The first kappa shape index (κ1) is 15.3. The van der Waals surface area contributed by atoms with Gasteiger partial charge in [0.05, 0.1) is 12.7 Å². The molecule has 0 unspecified atom stereocenters. The van der Waals surface area contributed by atoms with Gasteiger partial charge in [-0.05, 0) is 34.7 Å². The summed E-state index contributed by atoms with van der Waals surface area (Å²) in [4.78, 5) is 30.5. The molecule has 0 radical (unpaired) electrons. The third kappa shape index (κ3) is 2.74. The van der Waals surface area contributed by atoms with Crippen LogP contribution in [-0.4, -0.2) is 28.9 Å². The molecule has 25 heavy (non-hydrogen) atoms. The molecule has 0 bridgehead atoms. The van der Waals surface area contributed by atoms with Gasteiger partial charge in [0.2, 0.25) is 0 Å². The molecule has 1 aromatic heterocycles. The van der Waals surface area contributed by atoms with Gasteiger partial charge in [0, 0.05) is 24.7 Å². The van der Waals surface area contributed by atoms with Crippen molar-refractivity contribution in [1.82, 2.24) is 9.88 Å². The molecule has 1 amide bonds. The van der Waals surface area contributed by atoms with Gasteiger partial charge in [0.15, 0.2) is 0 Å². The number of pyridine rings is 1. The molecule has 0 saturated heterocycles. The monoisotopic (exact) mass is 332 g/mol. The highest BCUT2D eigenvalue weighted by molar-refractivity contribution is 5.96. The Morgan fingerprint density at radius 3 is 2.56 bits per heavy atom. The normalized spacial score (nSPS) is 12.9. The van der Waals surface area contributed by atoms with Crippen LogP contribution in [0.15, 0.2) is 54.7 Å². The first-order valence-electron chi connectivity index (χ1n) is 8.00. The first-order valence-corrected chi connectivity index (χ1v) is 8.00. The first-order chi connectivity index (χ1) is 12.2. The number of aromatic nitrogens is 1. The van der Waals surface area contributed by atoms with Crippen LogP contribution >= 0.6 is 0 Å². The van der Waals surface area contributed by atoms with E-state index in [0.29, 0.717) is 24.3 Å². The Hall–Kier alpha value is -3.21. The number of amides is 1. The van der Waals surface area contributed by atoms with Crippen LogP contribution in [0.3, 0.4) is 0 Å². The number of hydrogen-bond donors (Lipinski definition) is 0. The zero-order chi connectivity index (χ0) is 17.4. The van der Waals surface area contributed by atoms with Crippen molar-refractivity contribution in [2.24, 2.45) is 0 Å². The van der Waals surface area contributed by atoms with E-state index in [1.54, 1.807) is 23.2 Å². The van der Waals surface area contributed by atoms with Crippen LogP contribution in [-0.2, 0) is 17.8 Å². The van der Waals surface area contributed by atoms with Gasteiger partial charge in [-0.2, -0.15) is 0 Å². The van der Waals surface area contributed by atoms with Gasteiger partial charge < -0.3 is 9.64 Å². The molecule has 0 N–H and O–H groups in total. The number of rotatable bonds is 2. The molecule has 3 aromatic rings. The van der Waals surface area contributed by atoms with Crippen LogP contribution < -0.4 is 0 Å². The maximum Gasteiger partial charge on any atom is 0.337 e. The molecule has 1 aliphatic heterocycles. The molecule has 1 aliphatic rings. The molecule has 0 aliphatic carbocycles. The molecule has 4 rings (SSSR count). The van der Waals surface area contributed by atoms with Crippen molar-refractivity contribution in [3.63, 3.8) is 0 Å². The maximum absolute atomic E-state index is 12.8. The second-order valence-corrected chi connectivity index (χ2v) is 6.05. The SMILES string of the molecule is COC(=O)c1ccc2c(c1)CN(C(=O)c1cc3ccccc3cn1)C2. The standard InChI is InChI=1S/C20H16N2O3/c1-25-20(24)14-6-7-16-11-22(12-17(16)8-14)19(23)18-9-13-4-2-3-5-15(13)10-21-18/h2-10H,11-12H2,1H3. The van der Waals surface area contributed by atoms with E-state index in [9.17, 15) is 9.59 Å². The summed E-state index contributed by atoms with van der Waals surface area (Å²) in [7, 11) is 1.36. The quantitative estimate of drug-likeness (QED) is 0.676. The van der Waals surface area contributed by atoms with E-state index in [-0.39, 0.29) is 11.9 Å². The van der Waals surface area contributed by atoms with Crippen molar-refractivity contribution >= 4 is 22.6 Å². The fourth-order valence-corrected chi connectivity index (χ4v) is 3.15. The topological polar surface area (TPSA) is 59.5 Å². The summed E-state index contributed by atoms with van der Waals surface area (Å²) in [5.41, 5.74) is 2.94. The number of hydrogen-bond acceptors (Lipinski definition) is 4. The molecule has 2 heterocycles. The number of methoxy groups -OCH3 is 1. The van der Waals surface area contributed by atoms with Gasteiger partial charge in [0.25, 0.3) is 5.91 Å². The number of esters is 1. The van der Waals surface area contributed by atoms with Gasteiger partial charge >= 0.3 is 5.97 Å². The minimum atomic E-state index is -0.372. The summed E-state index contributed by atoms with van der Waals surface area (Å²) >= 11 is 0. The van der Waals surface area contributed by atoms with Crippen molar-refractivity contribution in [2.75, 3.05) is 7.11 Å². The highest BCUT2D eigenvalue weighted by Crippen LogP contribution is 2.26. The number of ether oxygens (including phenoxy) is 1. The highest BCUT2D eigenvalue weighted by Gasteiger charge is 2.26. The summed E-state index contributed by atoms with van der Waals surface area (Å²) in [5.74, 6) is -0.481. The lowest BCUT2D eigenvalue weighted by atomic mass is 10.1. The summed E-state index contributed by atoms with van der Waals surface area (Å²) < 4.78 is 4.75. The Labute approximate surface area is 144 Å². The second kappa shape index (κ2) is 6.02. The molecule has 0 fully saturated rings. The predicted molar refractivity (Wildman–Crippen MR) is 93.1 cm³/mol. The summed E-state index contributed by atoms with van der Waals surface area (Å²) in [6.07, 6.45) is 1.72. The van der Waals surface area contributed by atoms with Crippen LogP contribution in [0.1, 0.15) is 32.0 Å². The molecule has 2 aromatic carbocycles. The Balaban J connectivity index is 1.59. The van der Waals surface area contributed by atoms with E-state index < -0.39 is 0 Å². The van der Waals surface area contributed by atoms with Crippen LogP contribution in [0, 0.1) is 0 Å². The van der Waals surface area contributed by atoms with Gasteiger partial charge in [-0.25, -0.2) is 4.79 Å². The number of carbonyl (C=O) groups excluding carboxylic acids is 2. The minimum Gasteiger partial charge on any atom is -0.465 e. The summed E-state index contributed by atoms with van der Waals surface area (Å²) in [5, 5.41) is 2.00. The predicted octanol–water partition coefficient (Wildman–Crippen LogP) is 3.18. The van der Waals surface area contributed by atoms with Gasteiger partial charge in [-0.1, -0.05) is 30.3 Å². The minimum absolute atomic E-state index is 0.110. The Morgan fingerprint density at radius 2 is 1.76 bits per heavy atom. The van der Waals surface area contributed by atoms with Crippen molar-refractivity contribution in [3.8, 4) is 0 Å². The molecular formula is C20H16N2O3. The van der Waals surface area contributed by atoms with Crippen molar-refractivity contribution in [3.05, 3.63) is 77.1 Å². The Bertz CT molecular complexity index is 997. The lowest BCUT2D eigenvalue weighted by Gasteiger charge is -2.15. The third-order valence-corrected chi connectivity index (χ3v) is 4.49. The lowest BCUT2D eigenvalue weighted by molar-refractivity contribution is 0.0600. The van der Waals surface area contributed by atoms with Crippen molar-refractivity contribution in [1.29, 1.82) is 0 Å². The van der Waals surface area contributed by atoms with E-state index in [0.717, 1.165) is 21.9 Å². The van der Waals surface area contributed by atoms with E-state index in [1.165, 1.54) is 7.11 Å². The maximum atomic E-state index is 12.8. The fraction of sp³-hybridized carbons (Fsp3) is 0.150. The van der Waals surface area contributed by atoms with E-state index in [2.05, 4.69) is 4.98 Å². The third-order valence-electron chi connectivity index (χ3n) is 4.49. The average molecular weight is 332 g/mol. The molecule has 5 nitrogen and oxygen atoms in total. The number of benzene rings is 2. The molecular weight excluding hydrogens is 316 g/mol. The van der Waals surface area contributed by atoms with Gasteiger partial charge in [0.1, 0.15) is 5.69 Å². The van der Waals surface area contributed by atoms with Crippen LogP contribution in [0.5, 0.6) is 0 Å². The zero-order valence-corrected chi connectivity index (χ0v) is 13.7. The van der Waals surface area contributed by atoms with Crippen LogP contribution in [0.2, 0.25) is 0 Å². The fourth-order valence-electron chi connectivity index (χ4n) is 3.15. The van der Waals surface area contributed by atoms with E-state index >= 15 is 0 Å². The zero-order valence-electron chi connectivity index (χ0n) is 13.7. The number of fused-ring (bicyclic) bond motifs is 2. The Morgan fingerprint density at radius 1 is 1.00 bits per heavy atom. The number of nitrogens with zero attached hydrogens (tertiary/aromatic N) is 2. The second-order valence-electron chi connectivity index (χ2n) is 6.05. The molecule has 5 heteroatoms. The van der Waals surface area contributed by atoms with Crippen LogP contribution in [0.4, 0.5) is 0 Å². The molecule has 124 valence electrons. The van der Waals surface area contributed by atoms with Gasteiger partial charge in [-0.3, -0.25) is 9.78 Å². The van der Waals surface area contributed by atoms with Crippen LogP contribution in [0.25, 0.3) is 10.8 Å². The molecule has 0 spiro atoms. The summed E-state index contributed by atoms with van der Waals surface area (Å²) in [6, 6.07) is 15.0. The Kier molecular flexibility index (Phi) is 3.69. The highest BCUT2D eigenvalue weighted by atomic mass is 16.5. The van der Waals surface area contributed by atoms with Gasteiger partial charge in [-0.15, -0.1) is 0 Å². The molecule has 0 atom stereocenters.